The van der Waals surface area contributed by atoms with E-state index >= 15 is 0 Å². The molecule has 1 aromatic heterocycles. The molecule has 1 saturated heterocycles. The topological polar surface area (TPSA) is 57.5 Å². The molecule has 5 nitrogen and oxygen atoms in total. The molecule has 2 rings (SSSR count). The molecule has 2 N–H and O–H groups in total. The Bertz CT molecular complexity index is 487. The smallest absolute Gasteiger partial charge is 0.405 e. The molecular formula is C13H19ClF3N3O2. The summed E-state index contributed by atoms with van der Waals surface area (Å²) in [4.78, 5) is 13.1. The van der Waals surface area contributed by atoms with E-state index in [4.69, 9.17) is 4.42 Å². The van der Waals surface area contributed by atoms with Crippen molar-refractivity contribution in [3.63, 3.8) is 0 Å². The molecule has 0 radical (unpaired) electrons. The van der Waals surface area contributed by atoms with Crippen LogP contribution in [0.3, 0.4) is 0 Å². The van der Waals surface area contributed by atoms with E-state index in [2.05, 4.69) is 10.6 Å². The number of nitrogens with zero attached hydrogens (tertiary/aromatic N) is 1. The maximum atomic E-state index is 13.1. The van der Waals surface area contributed by atoms with Crippen molar-refractivity contribution in [2.45, 2.75) is 19.1 Å². The minimum Gasteiger partial charge on any atom is -0.456 e. The Morgan fingerprint density at radius 3 is 2.55 bits per heavy atom. The van der Waals surface area contributed by atoms with Crippen LogP contribution in [0.5, 0.6) is 0 Å². The third-order valence-corrected chi connectivity index (χ3v) is 3.39. The number of rotatable bonds is 4. The van der Waals surface area contributed by atoms with Crippen molar-refractivity contribution >= 4 is 18.3 Å². The number of carbonyl (C=O) groups is 1. The van der Waals surface area contributed by atoms with E-state index in [1.54, 1.807) is 13.0 Å². The van der Waals surface area contributed by atoms with Crippen LogP contribution in [0.25, 0.3) is 0 Å². The monoisotopic (exact) mass is 341 g/mol. The Hall–Kier alpha value is -1.25. The van der Waals surface area contributed by atoms with E-state index in [9.17, 15) is 18.0 Å². The number of furan rings is 1. The van der Waals surface area contributed by atoms with Crippen LogP contribution in [0.2, 0.25) is 0 Å². The molecule has 0 aliphatic carbocycles. The fraction of sp³-hybridized carbons (Fsp3) is 0.615. The van der Waals surface area contributed by atoms with Gasteiger partial charge in [-0.15, -0.1) is 12.4 Å². The molecule has 9 heteroatoms. The van der Waals surface area contributed by atoms with Crippen molar-refractivity contribution < 1.29 is 22.4 Å². The lowest BCUT2D eigenvalue weighted by atomic mass is 10.2. The molecule has 0 aromatic carbocycles. The van der Waals surface area contributed by atoms with Crippen molar-refractivity contribution in [3.05, 3.63) is 23.7 Å². The molecule has 22 heavy (non-hydrogen) atoms. The molecule has 1 unspecified atom stereocenters. The highest BCUT2D eigenvalue weighted by molar-refractivity contribution is 5.91. The Kier molecular flexibility index (Phi) is 6.70. The summed E-state index contributed by atoms with van der Waals surface area (Å²) in [6, 6.07) is 1.35. The summed E-state index contributed by atoms with van der Waals surface area (Å²) >= 11 is 0. The van der Waals surface area contributed by atoms with Gasteiger partial charge in [-0.05, 0) is 19.1 Å². The molecule has 1 aliphatic heterocycles. The number of nitrogens with one attached hydrogen (secondary N) is 2. The van der Waals surface area contributed by atoms with Crippen LogP contribution < -0.4 is 10.6 Å². The predicted octanol–water partition coefficient (Wildman–Crippen LogP) is 1.58. The van der Waals surface area contributed by atoms with Gasteiger partial charge in [-0.1, -0.05) is 0 Å². The first-order valence-electron chi connectivity index (χ1n) is 6.74. The molecule has 1 aromatic rings. The van der Waals surface area contributed by atoms with Crippen molar-refractivity contribution in [1.82, 2.24) is 15.5 Å². The summed E-state index contributed by atoms with van der Waals surface area (Å²) < 4.78 is 44.5. The number of piperazine rings is 1. The Morgan fingerprint density at radius 2 is 2.05 bits per heavy atom. The van der Waals surface area contributed by atoms with Crippen molar-refractivity contribution in [3.8, 4) is 0 Å². The number of carbonyl (C=O) groups excluding carboxylic acids is 1. The number of hydrogen-bond donors (Lipinski definition) is 2. The van der Waals surface area contributed by atoms with Gasteiger partial charge < -0.3 is 15.1 Å². The number of halogens is 4. The quantitative estimate of drug-likeness (QED) is 0.873. The zero-order valence-electron chi connectivity index (χ0n) is 12.1. The molecule has 1 aliphatic rings. The second kappa shape index (κ2) is 7.85. The average molecular weight is 342 g/mol. The molecule has 0 saturated carbocycles. The Balaban J connectivity index is 0.00000242. The SMILES string of the molecule is Cc1ccc(C(=O)NCC(N2CCNCC2)C(F)(F)F)o1.Cl. The van der Waals surface area contributed by atoms with Crippen LogP contribution in [0, 0.1) is 6.92 Å². The van der Waals surface area contributed by atoms with Crippen LogP contribution in [-0.2, 0) is 0 Å². The summed E-state index contributed by atoms with van der Waals surface area (Å²) in [5, 5.41) is 5.30. The third kappa shape index (κ3) is 4.89. The number of aryl methyl sites for hydroxylation is 1. The average Bonchev–Trinajstić information content (AvgIpc) is 2.85. The van der Waals surface area contributed by atoms with Gasteiger partial charge in [0, 0.05) is 32.7 Å². The number of alkyl halides is 3. The first-order chi connectivity index (χ1) is 9.88. The zero-order chi connectivity index (χ0) is 15.5. The molecular weight excluding hydrogens is 323 g/mol. The van der Waals surface area contributed by atoms with Crippen LogP contribution in [0.4, 0.5) is 13.2 Å². The third-order valence-electron chi connectivity index (χ3n) is 3.39. The number of hydrogen-bond acceptors (Lipinski definition) is 4. The van der Waals surface area contributed by atoms with Crippen molar-refractivity contribution in [1.29, 1.82) is 0 Å². The lowest BCUT2D eigenvalue weighted by Crippen LogP contribution is -2.57. The summed E-state index contributed by atoms with van der Waals surface area (Å²) in [6.45, 7) is 2.81. The van der Waals surface area contributed by atoms with Crippen LogP contribution in [0.15, 0.2) is 16.5 Å². The minimum atomic E-state index is -4.39. The maximum absolute atomic E-state index is 13.1. The van der Waals surface area contributed by atoms with Gasteiger partial charge in [-0.25, -0.2) is 0 Å². The van der Waals surface area contributed by atoms with Gasteiger partial charge in [0.05, 0.1) is 0 Å². The lowest BCUT2D eigenvalue weighted by Gasteiger charge is -2.35. The predicted molar refractivity (Wildman–Crippen MR) is 77.3 cm³/mol. The van der Waals surface area contributed by atoms with E-state index < -0.39 is 24.7 Å². The molecule has 0 bridgehead atoms. The summed E-state index contributed by atoms with van der Waals surface area (Å²) in [7, 11) is 0. The molecule has 1 fully saturated rings. The molecule has 1 atom stereocenters. The van der Waals surface area contributed by atoms with Gasteiger partial charge in [-0.3, -0.25) is 9.69 Å². The fourth-order valence-corrected chi connectivity index (χ4v) is 2.28. The van der Waals surface area contributed by atoms with Gasteiger partial charge in [0.1, 0.15) is 11.8 Å². The van der Waals surface area contributed by atoms with Crippen molar-refractivity contribution in [2.75, 3.05) is 32.7 Å². The molecule has 2 heterocycles. The highest BCUT2D eigenvalue weighted by Crippen LogP contribution is 2.24. The normalized spacial score (nSPS) is 17.6. The Labute approximate surface area is 132 Å². The van der Waals surface area contributed by atoms with Crippen LogP contribution >= 0.6 is 12.4 Å². The first-order valence-corrected chi connectivity index (χ1v) is 6.74. The lowest BCUT2D eigenvalue weighted by molar-refractivity contribution is -0.183. The van der Waals surface area contributed by atoms with Crippen LogP contribution in [-0.4, -0.2) is 55.7 Å². The van der Waals surface area contributed by atoms with Gasteiger partial charge in [-0.2, -0.15) is 13.2 Å². The standard InChI is InChI=1S/C13H18F3N3O2.ClH/c1-9-2-3-10(21-9)12(20)18-8-11(13(14,15)16)19-6-4-17-5-7-19;/h2-3,11,17H,4-8H2,1H3,(H,18,20);1H. The molecule has 1 amide bonds. The minimum absolute atomic E-state index is 0. The van der Waals surface area contributed by atoms with Gasteiger partial charge in [0.2, 0.25) is 0 Å². The van der Waals surface area contributed by atoms with Gasteiger partial charge in [0.15, 0.2) is 5.76 Å². The molecule has 126 valence electrons. The van der Waals surface area contributed by atoms with Crippen molar-refractivity contribution in [2.24, 2.45) is 0 Å². The summed E-state index contributed by atoms with van der Waals surface area (Å²) in [5.74, 6) is -0.0733. The zero-order valence-corrected chi connectivity index (χ0v) is 12.9. The highest BCUT2D eigenvalue weighted by Gasteiger charge is 2.43. The largest absolute Gasteiger partial charge is 0.456 e. The van der Waals surface area contributed by atoms with E-state index in [0.717, 1.165) is 0 Å². The fourth-order valence-electron chi connectivity index (χ4n) is 2.28. The van der Waals surface area contributed by atoms with Gasteiger partial charge in [0.25, 0.3) is 5.91 Å². The molecule has 0 spiro atoms. The second-order valence-corrected chi connectivity index (χ2v) is 4.96. The van der Waals surface area contributed by atoms with Crippen LogP contribution in [0.1, 0.15) is 16.3 Å². The van der Waals surface area contributed by atoms with E-state index in [0.29, 0.717) is 31.9 Å². The maximum Gasteiger partial charge on any atom is 0.405 e. The Morgan fingerprint density at radius 1 is 1.41 bits per heavy atom. The highest BCUT2D eigenvalue weighted by atomic mass is 35.5. The second-order valence-electron chi connectivity index (χ2n) is 4.96. The van der Waals surface area contributed by atoms with Gasteiger partial charge >= 0.3 is 6.18 Å². The van der Waals surface area contributed by atoms with E-state index in [-0.39, 0.29) is 18.2 Å². The van der Waals surface area contributed by atoms with E-state index in [1.807, 2.05) is 0 Å². The first kappa shape index (κ1) is 18.8. The summed E-state index contributed by atoms with van der Waals surface area (Å²) in [6.07, 6.45) is -4.39. The summed E-state index contributed by atoms with van der Waals surface area (Å²) in [5.41, 5.74) is 0. The number of amides is 1. The van der Waals surface area contributed by atoms with E-state index in [1.165, 1.54) is 11.0 Å².